The van der Waals surface area contributed by atoms with Gasteiger partial charge in [0.1, 0.15) is 6.10 Å². The molecule has 63 heavy (non-hydrogen) atoms. The van der Waals surface area contributed by atoms with E-state index in [1.165, 1.54) is 193 Å². The van der Waals surface area contributed by atoms with Crippen LogP contribution in [0.4, 0.5) is 0 Å². The van der Waals surface area contributed by atoms with E-state index in [-0.39, 0.29) is 24.9 Å². The molecule has 3 N–H and O–H groups in total. The summed E-state index contributed by atoms with van der Waals surface area (Å²) in [6, 6.07) is -0.700. The number of unbranched alkanes of at least 4 members (excludes halogenated alkanes) is 35. The van der Waals surface area contributed by atoms with Crippen LogP contribution in [0, 0.1) is 0 Å². The zero-order valence-corrected chi connectivity index (χ0v) is 42.5. The quantitative estimate of drug-likeness (QED) is 0.0321. The number of ether oxygens (including phenoxy) is 1. The second-order valence-corrected chi connectivity index (χ2v) is 19.3. The molecule has 0 aliphatic carbocycles. The average molecular weight is 889 g/mol. The van der Waals surface area contributed by atoms with Gasteiger partial charge in [-0.2, -0.15) is 0 Å². The van der Waals surface area contributed by atoms with Crippen LogP contribution in [-0.4, -0.2) is 46.9 Å². The van der Waals surface area contributed by atoms with Gasteiger partial charge in [-0.1, -0.05) is 257 Å². The average Bonchev–Trinajstić information content (AvgIpc) is 3.28. The number of allylic oxidation sites excluding steroid dienone is 4. The Bertz CT molecular complexity index is 997. The van der Waals surface area contributed by atoms with Crippen molar-refractivity contribution in [3.8, 4) is 0 Å². The van der Waals surface area contributed by atoms with Crippen molar-refractivity contribution < 1.29 is 24.5 Å². The molecular weight excluding hydrogens is 779 g/mol. The van der Waals surface area contributed by atoms with Gasteiger partial charge in [-0.25, -0.2) is 0 Å². The number of hydrogen-bond donors (Lipinski definition) is 3. The van der Waals surface area contributed by atoms with E-state index in [0.29, 0.717) is 19.3 Å². The van der Waals surface area contributed by atoms with Crippen LogP contribution in [0.2, 0.25) is 0 Å². The van der Waals surface area contributed by atoms with Gasteiger partial charge in [0.25, 0.3) is 0 Å². The molecule has 0 fully saturated rings. The number of aliphatic hydroxyl groups is 2. The van der Waals surface area contributed by atoms with Gasteiger partial charge in [-0.05, 0) is 57.8 Å². The molecule has 0 aromatic carbocycles. The Morgan fingerprint density at radius 1 is 0.460 bits per heavy atom. The zero-order chi connectivity index (χ0) is 45.9. The molecule has 0 rings (SSSR count). The number of esters is 1. The highest BCUT2D eigenvalue weighted by atomic mass is 16.5. The molecule has 0 radical (unpaired) electrons. The first-order valence-corrected chi connectivity index (χ1v) is 28.1. The molecule has 0 saturated carbocycles. The fraction of sp³-hybridized carbons (Fsp3) is 0.895. The molecule has 372 valence electrons. The maximum atomic E-state index is 13.2. The van der Waals surface area contributed by atoms with Crippen molar-refractivity contribution in [3.05, 3.63) is 24.3 Å². The van der Waals surface area contributed by atoms with Crippen molar-refractivity contribution in [3.63, 3.8) is 0 Å². The SMILES string of the molecule is CCCCC/C=C\C/C=C\CCCCCCCCCC(CC(=O)NC(CO)C(O)CCCCCCCCCCCCCCCCCCC)OC(=O)CCCCCCCCCCCC. The predicted molar refractivity (Wildman–Crippen MR) is 273 cm³/mol. The van der Waals surface area contributed by atoms with Crippen LogP contribution >= 0.6 is 0 Å². The zero-order valence-electron chi connectivity index (χ0n) is 42.5. The lowest BCUT2D eigenvalue weighted by Gasteiger charge is -2.24. The molecule has 0 spiro atoms. The lowest BCUT2D eigenvalue weighted by atomic mass is 10.0. The first kappa shape index (κ1) is 61.3. The molecule has 0 aliphatic heterocycles. The third-order valence-corrected chi connectivity index (χ3v) is 13.0. The van der Waals surface area contributed by atoms with E-state index < -0.39 is 18.2 Å². The molecule has 0 aromatic rings. The fourth-order valence-corrected chi connectivity index (χ4v) is 8.76. The number of carbonyl (C=O) groups excluding carboxylic acids is 2. The first-order chi connectivity index (χ1) is 31.0. The van der Waals surface area contributed by atoms with Gasteiger partial charge >= 0.3 is 5.97 Å². The van der Waals surface area contributed by atoms with Gasteiger partial charge in [-0.15, -0.1) is 0 Å². The molecular formula is C57H109NO5. The Morgan fingerprint density at radius 2 is 0.810 bits per heavy atom. The van der Waals surface area contributed by atoms with Gasteiger partial charge < -0.3 is 20.3 Å². The normalized spacial score (nSPS) is 13.3. The minimum absolute atomic E-state index is 0.0777. The highest BCUT2D eigenvalue weighted by Crippen LogP contribution is 2.19. The van der Waals surface area contributed by atoms with Gasteiger partial charge in [0, 0.05) is 6.42 Å². The Hall–Kier alpha value is -1.66. The van der Waals surface area contributed by atoms with Crippen molar-refractivity contribution in [2.24, 2.45) is 0 Å². The van der Waals surface area contributed by atoms with Gasteiger partial charge in [-0.3, -0.25) is 9.59 Å². The summed E-state index contributed by atoms with van der Waals surface area (Å²) in [5, 5.41) is 23.9. The highest BCUT2D eigenvalue weighted by molar-refractivity contribution is 5.77. The van der Waals surface area contributed by atoms with Crippen molar-refractivity contribution in [2.45, 2.75) is 322 Å². The maximum absolute atomic E-state index is 13.2. The second-order valence-electron chi connectivity index (χ2n) is 19.3. The summed E-state index contributed by atoms with van der Waals surface area (Å²) in [5.41, 5.74) is 0. The summed E-state index contributed by atoms with van der Waals surface area (Å²) >= 11 is 0. The third-order valence-electron chi connectivity index (χ3n) is 13.0. The molecule has 3 atom stereocenters. The maximum Gasteiger partial charge on any atom is 0.306 e. The largest absolute Gasteiger partial charge is 0.462 e. The van der Waals surface area contributed by atoms with Crippen LogP contribution < -0.4 is 5.32 Å². The van der Waals surface area contributed by atoms with Crippen LogP contribution in [0.5, 0.6) is 0 Å². The van der Waals surface area contributed by atoms with Crippen molar-refractivity contribution >= 4 is 11.9 Å². The number of hydrogen-bond acceptors (Lipinski definition) is 5. The van der Waals surface area contributed by atoms with E-state index in [1.807, 2.05) is 0 Å². The summed E-state index contributed by atoms with van der Waals surface area (Å²) in [4.78, 5) is 26.2. The van der Waals surface area contributed by atoms with Crippen LogP contribution in [0.1, 0.15) is 303 Å². The van der Waals surface area contributed by atoms with Crippen molar-refractivity contribution in [1.82, 2.24) is 5.32 Å². The van der Waals surface area contributed by atoms with E-state index in [4.69, 9.17) is 4.74 Å². The monoisotopic (exact) mass is 888 g/mol. The standard InChI is InChI=1S/C57H109NO5/c1-4-7-10-13-16-19-22-24-26-28-30-32-34-36-39-42-45-48-53(63-57(62)50-47-44-41-38-21-18-15-12-9-6-3)51-56(61)58-54(52-59)55(60)49-46-43-40-37-35-33-31-29-27-25-23-20-17-14-11-8-5-2/h16,19,24,26,53-55,59-60H,4-15,17-18,20-23,25,27-52H2,1-3H3,(H,58,61)/b19-16-,26-24-. The van der Waals surface area contributed by atoms with Gasteiger partial charge in [0.15, 0.2) is 0 Å². The Balaban J connectivity index is 4.47. The van der Waals surface area contributed by atoms with Crippen molar-refractivity contribution in [2.75, 3.05) is 6.61 Å². The van der Waals surface area contributed by atoms with Crippen molar-refractivity contribution in [1.29, 1.82) is 0 Å². The molecule has 3 unspecified atom stereocenters. The number of aliphatic hydroxyl groups excluding tert-OH is 2. The summed E-state index contributed by atoms with van der Waals surface area (Å²) in [6.07, 6.45) is 59.6. The Morgan fingerprint density at radius 3 is 1.24 bits per heavy atom. The van der Waals surface area contributed by atoms with Crippen LogP contribution in [-0.2, 0) is 14.3 Å². The first-order valence-electron chi connectivity index (χ1n) is 28.1. The molecule has 6 heteroatoms. The minimum atomic E-state index is -0.786. The second kappa shape index (κ2) is 51.3. The number of carbonyl (C=O) groups is 2. The Kier molecular flexibility index (Phi) is 50.0. The minimum Gasteiger partial charge on any atom is -0.462 e. The van der Waals surface area contributed by atoms with Crippen LogP contribution in [0.25, 0.3) is 0 Å². The smallest absolute Gasteiger partial charge is 0.306 e. The van der Waals surface area contributed by atoms with Gasteiger partial charge in [0.05, 0.1) is 25.2 Å². The molecule has 0 aromatic heterocycles. The van der Waals surface area contributed by atoms with E-state index >= 15 is 0 Å². The number of nitrogens with one attached hydrogen (secondary N) is 1. The highest BCUT2D eigenvalue weighted by Gasteiger charge is 2.24. The molecule has 0 saturated heterocycles. The lowest BCUT2D eigenvalue weighted by Crippen LogP contribution is -2.46. The Labute approximate surface area is 392 Å². The summed E-state index contributed by atoms with van der Waals surface area (Å²) < 4.78 is 5.94. The topological polar surface area (TPSA) is 95.9 Å². The summed E-state index contributed by atoms with van der Waals surface area (Å²) in [6.45, 7) is 6.48. The number of rotatable bonds is 51. The third kappa shape index (κ3) is 46.7. The summed E-state index contributed by atoms with van der Waals surface area (Å²) in [5.74, 6) is -0.466. The van der Waals surface area contributed by atoms with E-state index in [2.05, 4.69) is 50.4 Å². The van der Waals surface area contributed by atoms with Crippen LogP contribution in [0.3, 0.4) is 0 Å². The predicted octanol–water partition coefficient (Wildman–Crippen LogP) is 17.1. The molecule has 0 aliphatic rings. The van der Waals surface area contributed by atoms with E-state index in [9.17, 15) is 19.8 Å². The van der Waals surface area contributed by atoms with E-state index in [1.54, 1.807) is 0 Å². The number of amides is 1. The van der Waals surface area contributed by atoms with Crippen LogP contribution in [0.15, 0.2) is 24.3 Å². The molecule has 6 nitrogen and oxygen atoms in total. The van der Waals surface area contributed by atoms with E-state index in [0.717, 1.165) is 64.2 Å². The lowest BCUT2D eigenvalue weighted by molar-refractivity contribution is -0.151. The fourth-order valence-electron chi connectivity index (χ4n) is 8.76. The molecule has 1 amide bonds. The molecule has 0 heterocycles. The van der Waals surface area contributed by atoms with Gasteiger partial charge in [0.2, 0.25) is 5.91 Å². The summed E-state index contributed by atoms with van der Waals surface area (Å²) in [7, 11) is 0. The molecule has 0 bridgehead atoms.